The Bertz CT molecular complexity index is 357. The van der Waals surface area contributed by atoms with Gasteiger partial charge in [0.2, 0.25) is 5.95 Å². The number of carbonyl (C=O) groups excluding carboxylic acids is 1. The third kappa shape index (κ3) is 1.85. The lowest BCUT2D eigenvalue weighted by molar-refractivity contribution is -0.0760. The summed E-state index contributed by atoms with van der Waals surface area (Å²) in [6.07, 6.45) is 1.01. The summed E-state index contributed by atoms with van der Waals surface area (Å²) in [5.74, 6) is -3.35. The summed E-state index contributed by atoms with van der Waals surface area (Å²) in [6.45, 7) is 0. The minimum atomic E-state index is -1.31. The van der Waals surface area contributed by atoms with Crippen molar-refractivity contribution < 1.29 is 18.4 Å². The molecule has 4 nitrogen and oxygen atoms in total. The number of rotatable bonds is 2. The first kappa shape index (κ1) is 10.5. The minimum Gasteiger partial charge on any atom is -0.274 e. The average molecular weight is 202 g/mol. The van der Waals surface area contributed by atoms with E-state index in [1.807, 2.05) is 0 Å². The Hall–Kier alpha value is -1.56. The molecule has 0 N–H and O–H groups in total. The zero-order valence-electron chi connectivity index (χ0n) is 7.62. The molecule has 0 unspecified atom stereocenters. The number of hydrogen-bond donors (Lipinski definition) is 0. The number of halogens is 2. The molecule has 0 aromatic carbocycles. The maximum atomic E-state index is 13.0. The number of hydrogen-bond acceptors (Lipinski definition) is 3. The Morgan fingerprint density at radius 2 is 2.21 bits per heavy atom. The van der Waals surface area contributed by atoms with Gasteiger partial charge in [-0.05, 0) is 6.07 Å². The molecule has 0 bridgehead atoms. The van der Waals surface area contributed by atoms with Gasteiger partial charge in [-0.2, -0.15) is 4.39 Å². The molecule has 6 heteroatoms. The van der Waals surface area contributed by atoms with Gasteiger partial charge in [-0.1, -0.05) is 0 Å². The van der Waals surface area contributed by atoms with E-state index in [9.17, 15) is 13.6 Å². The monoisotopic (exact) mass is 202 g/mol. The molecule has 1 aromatic heterocycles. The largest absolute Gasteiger partial charge is 0.280 e. The quantitative estimate of drug-likeness (QED) is 0.530. The molecule has 0 aliphatic carbocycles. The Labute approximate surface area is 79.1 Å². The number of amides is 1. The van der Waals surface area contributed by atoms with E-state index in [2.05, 4.69) is 9.82 Å². The summed E-state index contributed by atoms with van der Waals surface area (Å²) in [5.41, 5.74) is -0.415. The predicted molar refractivity (Wildman–Crippen MR) is 43.3 cm³/mol. The van der Waals surface area contributed by atoms with Crippen LogP contribution in [0.4, 0.5) is 8.78 Å². The lowest BCUT2D eigenvalue weighted by Crippen LogP contribution is -2.26. The molecule has 0 fully saturated rings. The van der Waals surface area contributed by atoms with Crippen molar-refractivity contribution in [2.75, 3.05) is 14.2 Å². The van der Waals surface area contributed by atoms with Gasteiger partial charge in [0.1, 0.15) is 0 Å². The van der Waals surface area contributed by atoms with Crippen LogP contribution in [0.1, 0.15) is 10.4 Å². The Morgan fingerprint density at radius 1 is 1.57 bits per heavy atom. The lowest BCUT2D eigenvalue weighted by Gasteiger charge is -2.13. The average Bonchev–Trinajstić information content (AvgIpc) is 2.20. The second kappa shape index (κ2) is 4.10. The van der Waals surface area contributed by atoms with E-state index in [0.29, 0.717) is 0 Å². The predicted octanol–water partition coefficient (Wildman–Crippen LogP) is 0.993. The SMILES string of the molecule is CON(C)C(=O)c1ccnc(F)c1F. The fourth-order valence-corrected chi connectivity index (χ4v) is 0.836. The Kier molecular flexibility index (Phi) is 3.08. The standard InChI is InChI=1S/C8H8F2N2O2/c1-12(14-2)8(13)5-3-4-11-7(10)6(5)9/h3-4H,1-2H3. The molecule has 0 saturated carbocycles. The van der Waals surface area contributed by atoms with Crippen LogP contribution in [0.2, 0.25) is 0 Å². The van der Waals surface area contributed by atoms with E-state index in [1.54, 1.807) is 0 Å². The summed E-state index contributed by atoms with van der Waals surface area (Å²) in [7, 11) is 2.54. The molecule has 1 rings (SSSR count). The van der Waals surface area contributed by atoms with Crippen LogP contribution in [0.15, 0.2) is 12.3 Å². The van der Waals surface area contributed by atoms with Crippen LogP contribution in [0.25, 0.3) is 0 Å². The summed E-state index contributed by atoms with van der Waals surface area (Å²) >= 11 is 0. The maximum Gasteiger partial charge on any atom is 0.280 e. The number of hydroxylamine groups is 2. The first-order valence-electron chi connectivity index (χ1n) is 3.70. The van der Waals surface area contributed by atoms with Gasteiger partial charge < -0.3 is 0 Å². The van der Waals surface area contributed by atoms with Crippen LogP contribution >= 0.6 is 0 Å². The van der Waals surface area contributed by atoms with Crippen molar-refractivity contribution in [3.05, 3.63) is 29.6 Å². The van der Waals surface area contributed by atoms with Crippen molar-refractivity contribution in [3.63, 3.8) is 0 Å². The molecule has 0 saturated heterocycles. The third-order valence-corrected chi connectivity index (χ3v) is 1.64. The highest BCUT2D eigenvalue weighted by molar-refractivity contribution is 5.93. The molecule has 0 atom stereocenters. The molecular weight excluding hydrogens is 194 g/mol. The van der Waals surface area contributed by atoms with Crippen LogP contribution in [0.5, 0.6) is 0 Å². The van der Waals surface area contributed by atoms with Crippen LogP contribution in [-0.4, -0.2) is 30.1 Å². The summed E-state index contributed by atoms with van der Waals surface area (Å²) in [5, 5.41) is 0.790. The van der Waals surface area contributed by atoms with Crippen LogP contribution < -0.4 is 0 Å². The highest BCUT2D eigenvalue weighted by atomic mass is 19.2. The van der Waals surface area contributed by atoms with Gasteiger partial charge in [-0.15, -0.1) is 0 Å². The third-order valence-electron chi connectivity index (χ3n) is 1.64. The summed E-state index contributed by atoms with van der Waals surface area (Å²) in [4.78, 5) is 18.9. The number of pyridine rings is 1. The van der Waals surface area contributed by atoms with Gasteiger partial charge in [0.25, 0.3) is 5.91 Å². The number of aromatic nitrogens is 1. The number of carbonyl (C=O) groups is 1. The van der Waals surface area contributed by atoms with E-state index in [4.69, 9.17) is 0 Å². The van der Waals surface area contributed by atoms with Crippen LogP contribution in [0.3, 0.4) is 0 Å². The maximum absolute atomic E-state index is 13.0. The lowest BCUT2D eigenvalue weighted by atomic mass is 10.2. The Balaban J connectivity index is 3.07. The molecule has 0 aliphatic heterocycles. The van der Waals surface area contributed by atoms with Gasteiger partial charge in [0.05, 0.1) is 12.7 Å². The fraction of sp³-hybridized carbons (Fsp3) is 0.250. The first-order chi connectivity index (χ1) is 6.57. The van der Waals surface area contributed by atoms with Crippen molar-refractivity contribution in [1.82, 2.24) is 10.0 Å². The van der Waals surface area contributed by atoms with Gasteiger partial charge in [-0.3, -0.25) is 9.63 Å². The van der Waals surface area contributed by atoms with Gasteiger partial charge in [0, 0.05) is 13.2 Å². The van der Waals surface area contributed by atoms with Crippen molar-refractivity contribution in [2.24, 2.45) is 0 Å². The first-order valence-corrected chi connectivity index (χ1v) is 3.70. The van der Waals surface area contributed by atoms with Crippen molar-refractivity contribution >= 4 is 5.91 Å². The van der Waals surface area contributed by atoms with Crippen LogP contribution in [-0.2, 0) is 4.84 Å². The van der Waals surface area contributed by atoms with E-state index < -0.39 is 23.2 Å². The molecule has 14 heavy (non-hydrogen) atoms. The highest BCUT2D eigenvalue weighted by Gasteiger charge is 2.19. The number of nitrogens with zero attached hydrogens (tertiary/aromatic N) is 2. The topological polar surface area (TPSA) is 42.4 Å². The minimum absolute atomic E-state index is 0.415. The molecule has 1 aromatic rings. The smallest absolute Gasteiger partial charge is 0.274 e. The van der Waals surface area contributed by atoms with Crippen molar-refractivity contribution in [2.45, 2.75) is 0 Å². The molecular formula is C8H8F2N2O2. The highest BCUT2D eigenvalue weighted by Crippen LogP contribution is 2.10. The molecule has 1 heterocycles. The Morgan fingerprint density at radius 3 is 2.79 bits per heavy atom. The second-order valence-corrected chi connectivity index (χ2v) is 2.45. The molecule has 1 amide bonds. The van der Waals surface area contributed by atoms with Crippen molar-refractivity contribution in [3.8, 4) is 0 Å². The van der Waals surface area contributed by atoms with Gasteiger partial charge in [-0.25, -0.2) is 14.4 Å². The van der Waals surface area contributed by atoms with E-state index in [0.717, 1.165) is 17.3 Å². The van der Waals surface area contributed by atoms with E-state index in [-0.39, 0.29) is 0 Å². The molecule has 0 radical (unpaired) electrons. The normalized spacial score (nSPS) is 10.0. The fourth-order valence-electron chi connectivity index (χ4n) is 0.836. The zero-order chi connectivity index (χ0) is 10.7. The van der Waals surface area contributed by atoms with Crippen LogP contribution in [0, 0.1) is 11.8 Å². The summed E-state index contributed by atoms with van der Waals surface area (Å²) < 4.78 is 25.6. The van der Waals surface area contributed by atoms with Gasteiger partial charge in [0.15, 0.2) is 5.82 Å². The molecule has 0 aliphatic rings. The second-order valence-electron chi connectivity index (χ2n) is 2.45. The molecule has 0 spiro atoms. The van der Waals surface area contributed by atoms with Gasteiger partial charge >= 0.3 is 0 Å². The van der Waals surface area contributed by atoms with E-state index in [1.165, 1.54) is 14.2 Å². The van der Waals surface area contributed by atoms with E-state index >= 15 is 0 Å². The summed E-state index contributed by atoms with van der Waals surface area (Å²) in [6, 6.07) is 1.08. The van der Waals surface area contributed by atoms with Crippen molar-refractivity contribution in [1.29, 1.82) is 0 Å². The zero-order valence-corrected chi connectivity index (χ0v) is 7.62. The molecule has 76 valence electrons.